The third kappa shape index (κ3) is 2.71. The van der Waals surface area contributed by atoms with Gasteiger partial charge in [0.25, 0.3) is 0 Å². The van der Waals surface area contributed by atoms with Crippen LogP contribution in [0.3, 0.4) is 0 Å². The van der Waals surface area contributed by atoms with Crippen molar-refractivity contribution in [1.82, 2.24) is 0 Å². The van der Waals surface area contributed by atoms with Gasteiger partial charge in [0.2, 0.25) is 0 Å². The van der Waals surface area contributed by atoms with Crippen LogP contribution in [-0.4, -0.2) is 7.11 Å². The molecule has 0 fully saturated rings. The molecule has 1 aliphatic carbocycles. The van der Waals surface area contributed by atoms with E-state index in [-0.39, 0.29) is 11.7 Å². The van der Waals surface area contributed by atoms with Gasteiger partial charge in [-0.1, -0.05) is 12.1 Å². The van der Waals surface area contributed by atoms with Crippen molar-refractivity contribution < 1.29 is 13.5 Å². The van der Waals surface area contributed by atoms with E-state index in [2.05, 4.69) is 5.32 Å². The largest absolute Gasteiger partial charge is 0.497 e. The van der Waals surface area contributed by atoms with Crippen LogP contribution in [0.25, 0.3) is 0 Å². The van der Waals surface area contributed by atoms with E-state index in [4.69, 9.17) is 4.74 Å². The first-order valence-electron chi connectivity index (χ1n) is 7.06. The molecule has 0 saturated carbocycles. The molecular formula is C17H17F2NO. The molecule has 21 heavy (non-hydrogen) atoms. The van der Waals surface area contributed by atoms with E-state index < -0.39 is 11.6 Å². The number of fused-ring (bicyclic) bond motifs is 1. The van der Waals surface area contributed by atoms with Crippen molar-refractivity contribution in [2.45, 2.75) is 25.3 Å². The van der Waals surface area contributed by atoms with Crippen molar-refractivity contribution in [3.8, 4) is 5.75 Å². The highest BCUT2D eigenvalue weighted by Gasteiger charge is 2.22. The van der Waals surface area contributed by atoms with E-state index in [9.17, 15) is 8.78 Å². The molecule has 0 spiro atoms. The zero-order valence-electron chi connectivity index (χ0n) is 11.8. The monoisotopic (exact) mass is 289 g/mol. The fraction of sp³-hybridized carbons (Fsp3) is 0.294. The average molecular weight is 289 g/mol. The van der Waals surface area contributed by atoms with E-state index >= 15 is 0 Å². The SMILES string of the molecule is COc1ccc2c(c1)CCCC2Nc1cccc(F)c1F. The Bertz CT molecular complexity index is 657. The molecule has 110 valence electrons. The lowest BCUT2D eigenvalue weighted by Crippen LogP contribution is -2.18. The van der Waals surface area contributed by atoms with Crippen LogP contribution in [-0.2, 0) is 6.42 Å². The molecular weight excluding hydrogens is 272 g/mol. The number of hydrogen-bond donors (Lipinski definition) is 1. The maximum Gasteiger partial charge on any atom is 0.181 e. The zero-order valence-corrected chi connectivity index (χ0v) is 11.8. The molecule has 0 amide bonds. The topological polar surface area (TPSA) is 21.3 Å². The van der Waals surface area contributed by atoms with Crippen molar-refractivity contribution in [2.24, 2.45) is 0 Å². The second-order valence-electron chi connectivity index (χ2n) is 5.26. The smallest absolute Gasteiger partial charge is 0.181 e. The first kappa shape index (κ1) is 13.9. The summed E-state index contributed by atoms with van der Waals surface area (Å²) in [7, 11) is 1.64. The van der Waals surface area contributed by atoms with Crippen LogP contribution in [0, 0.1) is 11.6 Å². The first-order valence-corrected chi connectivity index (χ1v) is 7.06. The second-order valence-corrected chi connectivity index (χ2v) is 5.26. The molecule has 0 aromatic heterocycles. The first-order chi connectivity index (χ1) is 10.2. The van der Waals surface area contributed by atoms with E-state index in [0.29, 0.717) is 0 Å². The lowest BCUT2D eigenvalue weighted by molar-refractivity contribution is 0.413. The molecule has 4 heteroatoms. The van der Waals surface area contributed by atoms with Gasteiger partial charge in [0.15, 0.2) is 11.6 Å². The van der Waals surface area contributed by atoms with Crippen LogP contribution in [0.4, 0.5) is 14.5 Å². The lowest BCUT2D eigenvalue weighted by Gasteiger charge is -2.27. The summed E-state index contributed by atoms with van der Waals surface area (Å²) in [5, 5.41) is 3.13. The Labute approximate surface area is 122 Å². The average Bonchev–Trinajstić information content (AvgIpc) is 2.51. The van der Waals surface area contributed by atoms with E-state index in [1.54, 1.807) is 13.2 Å². The van der Waals surface area contributed by atoms with Gasteiger partial charge in [0.1, 0.15) is 5.75 Å². The van der Waals surface area contributed by atoms with Gasteiger partial charge in [-0.15, -0.1) is 0 Å². The van der Waals surface area contributed by atoms with Crippen LogP contribution in [0.15, 0.2) is 36.4 Å². The summed E-state index contributed by atoms with van der Waals surface area (Å²) in [6.45, 7) is 0. The van der Waals surface area contributed by atoms with Crippen LogP contribution in [0.2, 0.25) is 0 Å². The van der Waals surface area contributed by atoms with Crippen molar-refractivity contribution >= 4 is 5.69 Å². The lowest BCUT2D eigenvalue weighted by atomic mass is 9.87. The van der Waals surface area contributed by atoms with E-state index in [1.807, 2.05) is 18.2 Å². The standard InChI is InChI=1S/C17H17F2NO/c1-21-12-8-9-13-11(10-12)4-2-6-15(13)20-16-7-3-5-14(18)17(16)19/h3,5,7-10,15,20H,2,4,6H2,1H3. The van der Waals surface area contributed by atoms with Crippen molar-refractivity contribution in [2.75, 3.05) is 12.4 Å². The molecule has 0 aliphatic heterocycles. The maximum atomic E-state index is 13.8. The van der Waals surface area contributed by atoms with Crippen molar-refractivity contribution in [1.29, 1.82) is 0 Å². The summed E-state index contributed by atoms with van der Waals surface area (Å²) in [6.07, 6.45) is 2.89. The number of anilines is 1. The number of ether oxygens (including phenoxy) is 1. The normalized spacial score (nSPS) is 17.2. The number of rotatable bonds is 3. The Morgan fingerprint density at radius 2 is 2.05 bits per heavy atom. The van der Waals surface area contributed by atoms with E-state index in [0.717, 1.165) is 36.6 Å². The number of halogens is 2. The van der Waals surface area contributed by atoms with Gasteiger partial charge < -0.3 is 10.1 Å². The molecule has 1 unspecified atom stereocenters. The van der Waals surface area contributed by atoms with Gasteiger partial charge in [-0.3, -0.25) is 0 Å². The minimum absolute atomic E-state index is 0.00374. The molecule has 0 bridgehead atoms. The number of methoxy groups -OCH3 is 1. The van der Waals surface area contributed by atoms with Crippen LogP contribution < -0.4 is 10.1 Å². The maximum absolute atomic E-state index is 13.8. The second kappa shape index (κ2) is 5.72. The molecule has 2 aromatic rings. The van der Waals surface area contributed by atoms with Gasteiger partial charge in [-0.25, -0.2) is 8.78 Å². The summed E-state index contributed by atoms with van der Waals surface area (Å²) in [6, 6.07) is 10.1. The zero-order chi connectivity index (χ0) is 14.8. The van der Waals surface area contributed by atoms with Crippen molar-refractivity contribution in [3.63, 3.8) is 0 Å². The van der Waals surface area contributed by atoms with Gasteiger partial charge >= 0.3 is 0 Å². The summed E-state index contributed by atoms with van der Waals surface area (Å²) < 4.78 is 32.3. The number of benzene rings is 2. The van der Waals surface area contributed by atoms with Gasteiger partial charge in [-0.2, -0.15) is 0 Å². The molecule has 2 nitrogen and oxygen atoms in total. The predicted octanol–water partition coefficient (Wildman–Crippen LogP) is 4.46. The van der Waals surface area contributed by atoms with Crippen LogP contribution in [0.5, 0.6) is 5.75 Å². The highest BCUT2D eigenvalue weighted by molar-refractivity contribution is 5.49. The molecule has 2 aromatic carbocycles. The molecule has 1 N–H and O–H groups in total. The molecule has 1 aliphatic rings. The van der Waals surface area contributed by atoms with E-state index in [1.165, 1.54) is 11.6 Å². The number of hydrogen-bond acceptors (Lipinski definition) is 2. The minimum atomic E-state index is -0.828. The van der Waals surface area contributed by atoms with Crippen LogP contribution in [0.1, 0.15) is 30.0 Å². The molecule has 0 heterocycles. The predicted molar refractivity (Wildman–Crippen MR) is 78.7 cm³/mol. The Morgan fingerprint density at radius 3 is 2.86 bits per heavy atom. The number of aryl methyl sites for hydroxylation is 1. The van der Waals surface area contributed by atoms with Crippen LogP contribution >= 0.6 is 0 Å². The fourth-order valence-corrected chi connectivity index (χ4v) is 2.87. The van der Waals surface area contributed by atoms with Gasteiger partial charge in [-0.05, 0) is 54.7 Å². The quantitative estimate of drug-likeness (QED) is 0.900. The third-order valence-electron chi connectivity index (χ3n) is 3.95. The highest BCUT2D eigenvalue weighted by Crippen LogP contribution is 2.35. The number of nitrogens with one attached hydrogen (secondary N) is 1. The Balaban J connectivity index is 1.90. The third-order valence-corrected chi connectivity index (χ3v) is 3.95. The molecule has 3 rings (SSSR count). The molecule has 0 saturated heterocycles. The van der Waals surface area contributed by atoms with Gasteiger partial charge in [0, 0.05) is 0 Å². The summed E-state index contributed by atoms with van der Waals surface area (Å²) in [5.74, 6) is -0.824. The molecule has 1 atom stereocenters. The minimum Gasteiger partial charge on any atom is -0.497 e. The van der Waals surface area contributed by atoms with Gasteiger partial charge in [0.05, 0.1) is 18.8 Å². The Kier molecular flexibility index (Phi) is 3.78. The Hall–Kier alpha value is -2.10. The summed E-state index contributed by atoms with van der Waals surface area (Å²) in [4.78, 5) is 0. The Morgan fingerprint density at radius 1 is 1.19 bits per heavy atom. The van der Waals surface area contributed by atoms with Crippen molar-refractivity contribution in [3.05, 3.63) is 59.2 Å². The molecule has 0 radical (unpaired) electrons. The summed E-state index contributed by atoms with van der Waals surface area (Å²) in [5.41, 5.74) is 2.55. The fourth-order valence-electron chi connectivity index (χ4n) is 2.87. The highest BCUT2D eigenvalue weighted by atomic mass is 19.2. The summed E-state index contributed by atoms with van der Waals surface area (Å²) >= 11 is 0.